The second-order valence-corrected chi connectivity index (χ2v) is 7.76. The minimum absolute atomic E-state index is 0.195. The Labute approximate surface area is 181 Å². The molecule has 160 valence electrons. The van der Waals surface area contributed by atoms with Crippen molar-refractivity contribution in [2.75, 3.05) is 12.4 Å². The van der Waals surface area contributed by atoms with Crippen molar-refractivity contribution in [3.8, 4) is 11.1 Å². The van der Waals surface area contributed by atoms with E-state index in [9.17, 15) is 9.59 Å². The Morgan fingerprint density at radius 2 is 1.77 bits per heavy atom. The van der Waals surface area contributed by atoms with E-state index in [4.69, 9.17) is 9.47 Å². The van der Waals surface area contributed by atoms with Gasteiger partial charge in [-0.25, -0.2) is 4.79 Å². The average molecular weight is 419 g/mol. The molecule has 2 aromatic carbocycles. The van der Waals surface area contributed by atoms with Gasteiger partial charge in [-0.05, 0) is 36.5 Å². The maximum absolute atomic E-state index is 12.5. The van der Waals surface area contributed by atoms with E-state index in [0.717, 1.165) is 35.1 Å². The Morgan fingerprint density at radius 1 is 1.10 bits per heavy atom. The third kappa shape index (κ3) is 4.03. The van der Waals surface area contributed by atoms with Gasteiger partial charge in [0, 0.05) is 12.6 Å². The van der Waals surface area contributed by atoms with Gasteiger partial charge in [0.2, 0.25) is 0 Å². The van der Waals surface area contributed by atoms with Crippen LogP contribution in [0.2, 0.25) is 0 Å². The summed E-state index contributed by atoms with van der Waals surface area (Å²) in [6.07, 6.45) is 2.35. The lowest BCUT2D eigenvalue weighted by Crippen LogP contribution is -2.21. The van der Waals surface area contributed by atoms with Gasteiger partial charge in [-0.2, -0.15) is 5.10 Å². The van der Waals surface area contributed by atoms with Crippen LogP contribution in [0.4, 0.5) is 10.6 Å². The lowest BCUT2D eigenvalue weighted by molar-refractivity contribution is -0.143. The van der Waals surface area contributed by atoms with Crippen molar-refractivity contribution >= 4 is 17.9 Å². The molecule has 0 saturated heterocycles. The molecule has 3 aromatic rings. The highest BCUT2D eigenvalue weighted by Gasteiger charge is 2.52. The number of benzene rings is 2. The van der Waals surface area contributed by atoms with E-state index in [2.05, 4.69) is 10.4 Å². The summed E-state index contributed by atoms with van der Waals surface area (Å²) in [7, 11) is 3.17. The fraction of sp³-hybridized carbons (Fsp3) is 0.292. The van der Waals surface area contributed by atoms with Crippen LogP contribution in [0, 0.1) is 0 Å². The van der Waals surface area contributed by atoms with Crippen LogP contribution >= 0.6 is 0 Å². The number of carbonyl (C=O) groups excluding carboxylic acids is 2. The Kier molecular flexibility index (Phi) is 5.50. The zero-order chi connectivity index (χ0) is 22.0. The van der Waals surface area contributed by atoms with E-state index in [0.29, 0.717) is 5.82 Å². The molecule has 0 bridgehead atoms. The van der Waals surface area contributed by atoms with Gasteiger partial charge < -0.3 is 9.47 Å². The van der Waals surface area contributed by atoms with Gasteiger partial charge in [-0.3, -0.25) is 14.8 Å². The topological polar surface area (TPSA) is 82.5 Å². The molecule has 1 fully saturated rings. The molecule has 0 spiro atoms. The predicted octanol–water partition coefficient (Wildman–Crippen LogP) is 4.60. The fourth-order valence-electron chi connectivity index (χ4n) is 3.78. The van der Waals surface area contributed by atoms with Gasteiger partial charge in [-0.15, -0.1) is 0 Å². The Balaban J connectivity index is 1.50. The molecular formula is C24H25N3O4. The van der Waals surface area contributed by atoms with E-state index >= 15 is 0 Å². The first-order valence-electron chi connectivity index (χ1n) is 10.2. The first-order chi connectivity index (χ1) is 14.9. The second kappa shape index (κ2) is 8.26. The summed E-state index contributed by atoms with van der Waals surface area (Å²) >= 11 is 0. The molecule has 1 N–H and O–H groups in total. The number of aryl methyl sites for hydroxylation is 1. The summed E-state index contributed by atoms with van der Waals surface area (Å²) in [5.41, 5.74) is 2.99. The highest BCUT2D eigenvalue weighted by atomic mass is 16.6. The number of methoxy groups -OCH3 is 1. The summed E-state index contributed by atoms with van der Waals surface area (Å²) < 4.78 is 12.1. The quantitative estimate of drug-likeness (QED) is 0.591. The Bertz CT molecular complexity index is 1090. The van der Waals surface area contributed by atoms with Crippen LogP contribution in [0.25, 0.3) is 11.1 Å². The molecule has 1 unspecified atom stereocenters. The molecule has 0 aliphatic heterocycles. The molecule has 1 atom stereocenters. The SMILES string of the molecule is COC(=O)C1(c2ccc(-c3cnn(C)c3NC(=O)OC(C)c3ccccc3)cc2)CC1. The van der Waals surface area contributed by atoms with Crippen molar-refractivity contribution in [3.63, 3.8) is 0 Å². The largest absolute Gasteiger partial charge is 0.468 e. The minimum atomic E-state index is -0.555. The number of esters is 1. The number of ether oxygens (including phenoxy) is 2. The van der Waals surface area contributed by atoms with Crippen LogP contribution in [-0.4, -0.2) is 29.0 Å². The molecule has 4 rings (SSSR count). The normalized spacial score (nSPS) is 15.1. The first kappa shape index (κ1) is 20.7. The first-order valence-corrected chi connectivity index (χ1v) is 10.2. The van der Waals surface area contributed by atoms with Crippen LogP contribution in [0.5, 0.6) is 0 Å². The van der Waals surface area contributed by atoms with Gasteiger partial charge in [0.1, 0.15) is 11.9 Å². The number of anilines is 1. The number of amides is 1. The van der Waals surface area contributed by atoms with Crippen molar-refractivity contribution in [1.82, 2.24) is 9.78 Å². The zero-order valence-electron chi connectivity index (χ0n) is 17.8. The van der Waals surface area contributed by atoms with Crippen LogP contribution < -0.4 is 5.32 Å². The number of carbonyl (C=O) groups is 2. The summed E-state index contributed by atoms with van der Waals surface area (Å²) in [5.74, 6) is 0.339. The van der Waals surface area contributed by atoms with Crippen LogP contribution in [0.1, 0.15) is 37.0 Å². The van der Waals surface area contributed by atoms with Crippen molar-refractivity contribution in [2.24, 2.45) is 7.05 Å². The molecule has 1 saturated carbocycles. The lowest BCUT2D eigenvalue weighted by Gasteiger charge is -2.15. The maximum Gasteiger partial charge on any atom is 0.413 e. The molecule has 1 aliphatic rings. The molecule has 7 heteroatoms. The predicted molar refractivity (Wildman–Crippen MR) is 117 cm³/mol. The number of hydrogen-bond acceptors (Lipinski definition) is 5. The van der Waals surface area contributed by atoms with E-state index < -0.39 is 11.5 Å². The van der Waals surface area contributed by atoms with Crippen molar-refractivity contribution in [3.05, 3.63) is 71.9 Å². The number of aromatic nitrogens is 2. The standard InChI is InChI=1S/C24H25N3O4/c1-16(17-7-5-4-6-8-17)31-23(29)26-21-20(15-25-27(21)2)18-9-11-19(12-10-18)24(13-14-24)22(28)30-3/h4-12,15-16H,13-14H2,1-3H3,(H,26,29). The van der Waals surface area contributed by atoms with Crippen LogP contribution in [0.15, 0.2) is 60.8 Å². The molecule has 1 aliphatic carbocycles. The zero-order valence-corrected chi connectivity index (χ0v) is 17.8. The summed E-state index contributed by atoms with van der Waals surface area (Å²) in [5, 5.41) is 7.09. The van der Waals surface area contributed by atoms with Gasteiger partial charge >= 0.3 is 12.1 Å². The molecule has 7 nitrogen and oxygen atoms in total. The molecule has 1 amide bonds. The van der Waals surface area contributed by atoms with E-state index in [1.807, 2.05) is 61.5 Å². The average Bonchev–Trinajstić information content (AvgIpc) is 3.53. The van der Waals surface area contributed by atoms with E-state index in [1.165, 1.54) is 7.11 Å². The van der Waals surface area contributed by atoms with Crippen molar-refractivity contribution in [2.45, 2.75) is 31.3 Å². The molecule has 31 heavy (non-hydrogen) atoms. The summed E-state index contributed by atoms with van der Waals surface area (Å²) in [4.78, 5) is 24.6. The van der Waals surface area contributed by atoms with E-state index in [-0.39, 0.29) is 12.1 Å². The second-order valence-electron chi connectivity index (χ2n) is 7.76. The number of hydrogen-bond donors (Lipinski definition) is 1. The van der Waals surface area contributed by atoms with Crippen LogP contribution in [0.3, 0.4) is 0 Å². The Hall–Kier alpha value is -3.61. The Morgan fingerprint density at radius 3 is 2.39 bits per heavy atom. The third-order valence-electron chi connectivity index (χ3n) is 5.79. The van der Waals surface area contributed by atoms with Gasteiger partial charge in [0.05, 0.1) is 18.7 Å². The molecule has 1 aromatic heterocycles. The highest BCUT2D eigenvalue weighted by molar-refractivity contribution is 5.90. The fourth-order valence-corrected chi connectivity index (χ4v) is 3.78. The van der Waals surface area contributed by atoms with Gasteiger partial charge in [0.15, 0.2) is 0 Å². The molecule has 1 heterocycles. The number of nitrogens with zero attached hydrogens (tertiary/aromatic N) is 2. The van der Waals surface area contributed by atoms with Gasteiger partial charge in [-0.1, -0.05) is 54.6 Å². The van der Waals surface area contributed by atoms with Crippen molar-refractivity contribution < 1.29 is 19.1 Å². The minimum Gasteiger partial charge on any atom is -0.468 e. The van der Waals surface area contributed by atoms with Crippen molar-refractivity contribution in [1.29, 1.82) is 0 Å². The third-order valence-corrected chi connectivity index (χ3v) is 5.79. The maximum atomic E-state index is 12.5. The van der Waals surface area contributed by atoms with Gasteiger partial charge in [0.25, 0.3) is 0 Å². The number of rotatable bonds is 6. The highest BCUT2D eigenvalue weighted by Crippen LogP contribution is 2.49. The number of nitrogens with one attached hydrogen (secondary N) is 1. The van der Waals surface area contributed by atoms with E-state index in [1.54, 1.807) is 17.9 Å². The van der Waals surface area contributed by atoms with Crippen LogP contribution in [-0.2, 0) is 26.7 Å². The summed E-state index contributed by atoms with van der Waals surface area (Å²) in [6, 6.07) is 17.3. The monoisotopic (exact) mass is 419 g/mol. The summed E-state index contributed by atoms with van der Waals surface area (Å²) in [6.45, 7) is 1.83. The lowest BCUT2D eigenvalue weighted by atomic mass is 9.94. The molecule has 0 radical (unpaired) electrons. The molecular weight excluding hydrogens is 394 g/mol. The smallest absolute Gasteiger partial charge is 0.413 e.